The third-order valence-electron chi connectivity index (χ3n) is 1.70. The Morgan fingerprint density at radius 1 is 1.33 bits per heavy atom. The summed E-state index contributed by atoms with van der Waals surface area (Å²) in [6.07, 6.45) is -2.70. The van der Waals surface area contributed by atoms with Crippen molar-refractivity contribution in [2.75, 3.05) is 20.0 Å². The van der Waals surface area contributed by atoms with Crippen LogP contribution in [-0.2, 0) is 9.47 Å². The first-order valence-electron chi connectivity index (χ1n) is 3.26. The second-order valence-corrected chi connectivity index (χ2v) is 2.44. The largest absolute Gasteiger partial charge is 0.509 e. The van der Waals surface area contributed by atoms with Crippen molar-refractivity contribution in [3.63, 3.8) is 0 Å². The van der Waals surface area contributed by atoms with Gasteiger partial charge in [0.15, 0.2) is 6.10 Å². The van der Waals surface area contributed by atoms with Crippen molar-refractivity contribution >= 4 is 6.16 Å². The number of ether oxygens (including phenoxy) is 2. The van der Waals surface area contributed by atoms with Crippen LogP contribution in [0.15, 0.2) is 0 Å². The average molecular weight is 184 g/mol. The second kappa shape index (κ2) is 3.20. The van der Waals surface area contributed by atoms with Crippen molar-refractivity contribution in [3.05, 3.63) is 0 Å². The van der Waals surface area contributed by atoms with E-state index in [0.717, 1.165) is 0 Å². The van der Waals surface area contributed by atoms with Gasteiger partial charge in [-0.3, -0.25) is 0 Å². The van der Waals surface area contributed by atoms with Gasteiger partial charge in [0.05, 0.1) is 0 Å². The summed E-state index contributed by atoms with van der Waals surface area (Å²) in [5, 5.41) is 0. The Morgan fingerprint density at radius 3 is 2.25 bits per heavy atom. The summed E-state index contributed by atoms with van der Waals surface area (Å²) >= 11 is 0. The van der Waals surface area contributed by atoms with Gasteiger partial charge in [-0.15, -0.1) is 0 Å². The second-order valence-electron chi connectivity index (χ2n) is 2.44. The summed E-state index contributed by atoms with van der Waals surface area (Å²) in [4.78, 5) is 10.4. The van der Waals surface area contributed by atoms with Crippen LogP contribution in [0.1, 0.15) is 0 Å². The molecule has 70 valence electrons. The molecule has 6 heteroatoms. The highest BCUT2D eigenvalue weighted by Gasteiger charge is 2.52. The normalized spacial score (nSPS) is 26.6. The summed E-state index contributed by atoms with van der Waals surface area (Å²) < 4.78 is 44.8. The molecule has 0 aromatic rings. The van der Waals surface area contributed by atoms with Crippen LogP contribution < -0.4 is 0 Å². The number of alkyl halides is 3. The molecule has 0 aromatic carbocycles. The number of carbonyl (C=O) groups is 1. The van der Waals surface area contributed by atoms with Crippen LogP contribution >= 0.6 is 0 Å². The van der Waals surface area contributed by atoms with Crippen molar-refractivity contribution in [1.29, 1.82) is 0 Å². The van der Waals surface area contributed by atoms with Crippen LogP contribution in [-0.4, -0.2) is 37.9 Å². The van der Waals surface area contributed by atoms with E-state index in [1.165, 1.54) is 0 Å². The van der Waals surface area contributed by atoms with E-state index in [-0.39, 0.29) is 0 Å². The molecule has 12 heavy (non-hydrogen) atoms. The highest BCUT2D eigenvalue weighted by Crippen LogP contribution is 2.28. The molecule has 1 saturated heterocycles. The number of cyclic esters (lactones) is 2. The zero-order valence-corrected chi connectivity index (χ0v) is 6.06. The van der Waals surface area contributed by atoms with E-state index in [9.17, 15) is 18.0 Å². The maximum absolute atomic E-state index is 12.2. The monoisotopic (exact) mass is 184 g/mol. The Kier molecular flexibility index (Phi) is 2.44. The lowest BCUT2D eigenvalue weighted by molar-refractivity contribution is -0.0211. The molecule has 0 spiro atoms. The Morgan fingerprint density at radius 2 is 1.92 bits per heavy atom. The molecular formula is C6H7F3O3. The molecular weight excluding hydrogens is 177 g/mol. The highest BCUT2D eigenvalue weighted by molar-refractivity contribution is 5.63. The predicted octanol–water partition coefficient (Wildman–Crippen LogP) is 1.17. The molecule has 1 unspecified atom stereocenters. The quantitative estimate of drug-likeness (QED) is 0.617. The summed E-state index contributed by atoms with van der Waals surface area (Å²) in [7, 11) is 0. The first-order valence-corrected chi connectivity index (χ1v) is 3.26. The lowest BCUT2D eigenvalue weighted by Crippen LogP contribution is -2.45. The fourth-order valence-corrected chi connectivity index (χ4v) is 0.914. The molecule has 1 aliphatic heterocycles. The van der Waals surface area contributed by atoms with Gasteiger partial charge >= 0.3 is 6.16 Å². The molecule has 0 radical (unpaired) electrons. The topological polar surface area (TPSA) is 35.5 Å². The van der Waals surface area contributed by atoms with Gasteiger partial charge in [-0.1, -0.05) is 0 Å². The first kappa shape index (κ1) is 9.15. The van der Waals surface area contributed by atoms with E-state index in [2.05, 4.69) is 9.47 Å². The van der Waals surface area contributed by atoms with Gasteiger partial charge in [-0.25, -0.2) is 18.0 Å². The number of halogens is 3. The number of carbonyl (C=O) groups excluding carboxylic acids is 1. The maximum Gasteiger partial charge on any atom is 0.509 e. The lowest BCUT2D eigenvalue weighted by Gasteiger charge is -2.22. The van der Waals surface area contributed by atoms with Gasteiger partial charge in [-0.05, 0) is 0 Å². The van der Waals surface area contributed by atoms with Crippen LogP contribution in [0.25, 0.3) is 0 Å². The molecule has 0 amide bonds. The molecule has 1 rings (SSSR count). The molecule has 0 aromatic heterocycles. The van der Waals surface area contributed by atoms with E-state index in [1.807, 2.05) is 0 Å². The lowest BCUT2D eigenvalue weighted by atomic mass is 10.0. The standard InChI is InChI=1S/C6H7F3O3/c7-1-4-6(2-8,3-9)12-5(10)11-4/h4H,1-3H2. The van der Waals surface area contributed by atoms with Crippen LogP contribution in [0.5, 0.6) is 0 Å². The van der Waals surface area contributed by atoms with Crippen LogP contribution in [0.3, 0.4) is 0 Å². The molecule has 1 aliphatic rings. The van der Waals surface area contributed by atoms with E-state index in [4.69, 9.17) is 0 Å². The van der Waals surface area contributed by atoms with E-state index < -0.39 is 37.9 Å². The van der Waals surface area contributed by atoms with Gasteiger partial charge in [-0.2, -0.15) is 0 Å². The fraction of sp³-hybridized carbons (Fsp3) is 0.833. The molecule has 1 atom stereocenters. The highest BCUT2D eigenvalue weighted by atomic mass is 19.1. The minimum Gasteiger partial charge on any atom is -0.424 e. The Balaban J connectivity index is 2.78. The smallest absolute Gasteiger partial charge is 0.424 e. The van der Waals surface area contributed by atoms with E-state index in [1.54, 1.807) is 0 Å². The summed E-state index contributed by atoms with van der Waals surface area (Å²) in [5.41, 5.74) is -2.06. The molecule has 0 aliphatic carbocycles. The molecule has 0 saturated carbocycles. The summed E-state index contributed by atoms with van der Waals surface area (Å²) in [6.45, 7) is -3.73. The fourth-order valence-electron chi connectivity index (χ4n) is 0.914. The number of hydrogen-bond acceptors (Lipinski definition) is 3. The van der Waals surface area contributed by atoms with Gasteiger partial charge in [0, 0.05) is 0 Å². The molecule has 3 nitrogen and oxygen atoms in total. The third-order valence-corrected chi connectivity index (χ3v) is 1.70. The number of rotatable bonds is 3. The third kappa shape index (κ3) is 1.21. The average Bonchev–Trinajstić information content (AvgIpc) is 2.42. The molecule has 0 bridgehead atoms. The van der Waals surface area contributed by atoms with Gasteiger partial charge in [0.1, 0.15) is 20.0 Å². The Labute approximate surface area is 66.4 Å². The van der Waals surface area contributed by atoms with Crippen LogP contribution in [0.4, 0.5) is 18.0 Å². The summed E-state index contributed by atoms with van der Waals surface area (Å²) in [5.74, 6) is 0. The molecule has 1 fully saturated rings. The SMILES string of the molecule is O=C1OC(CF)C(CF)(CF)O1. The molecule has 1 heterocycles. The van der Waals surface area contributed by atoms with Crippen molar-refractivity contribution < 1.29 is 27.4 Å². The maximum atomic E-state index is 12.2. The predicted molar refractivity (Wildman–Crippen MR) is 32.0 cm³/mol. The van der Waals surface area contributed by atoms with Gasteiger partial charge in [0.2, 0.25) is 5.60 Å². The Hall–Kier alpha value is -0.940. The Bertz CT molecular complexity index is 181. The molecule has 0 N–H and O–H groups in total. The van der Waals surface area contributed by atoms with Gasteiger partial charge < -0.3 is 9.47 Å². The number of hydrogen-bond donors (Lipinski definition) is 0. The van der Waals surface area contributed by atoms with E-state index in [0.29, 0.717) is 0 Å². The van der Waals surface area contributed by atoms with Crippen LogP contribution in [0.2, 0.25) is 0 Å². The first-order chi connectivity index (χ1) is 5.68. The summed E-state index contributed by atoms with van der Waals surface area (Å²) in [6, 6.07) is 0. The minimum atomic E-state index is -2.06. The van der Waals surface area contributed by atoms with Gasteiger partial charge in [0.25, 0.3) is 0 Å². The van der Waals surface area contributed by atoms with Crippen molar-refractivity contribution in [1.82, 2.24) is 0 Å². The van der Waals surface area contributed by atoms with Crippen molar-refractivity contribution in [3.8, 4) is 0 Å². The van der Waals surface area contributed by atoms with Crippen LogP contribution in [0, 0.1) is 0 Å². The zero-order valence-electron chi connectivity index (χ0n) is 6.06. The zero-order chi connectivity index (χ0) is 9.19. The minimum absolute atomic E-state index is 1.15. The van der Waals surface area contributed by atoms with Crippen molar-refractivity contribution in [2.24, 2.45) is 0 Å². The van der Waals surface area contributed by atoms with Crippen molar-refractivity contribution in [2.45, 2.75) is 11.7 Å². The van der Waals surface area contributed by atoms with E-state index >= 15 is 0 Å².